The summed E-state index contributed by atoms with van der Waals surface area (Å²) in [6, 6.07) is 10.7. The van der Waals surface area contributed by atoms with Gasteiger partial charge in [-0.3, -0.25) is 10.1 Å². The molecule has 0 radical (unpaired) electrons. The van der Waals surface area contributed by atoms with Gasteiger partial charge in [0, 0.05) is 11.9 Å². The van der Waals surface area contributed by atoms with E-state index in [4.69, 9.17) is 9.84 Å². The molecular formula is C22H19N5O5. The Morgan fingerprint density at radius 2 is 1.94 bits per heavy atom. The van der Waals surface area contributed by atoms with Crippen LogP contribution in [0.1, 0.15) is 27.3 Å². The number of anilines is 1. The van der Waals surface area contributed by atoms with Crippen molar-refractivity contribution < 1.29 is 19.4 Å². The molecule has 0 aliphatic carbocycles. The average Bonchev–Trinajstić information content (AvgIpc) is 3.22. The van der Waals surface area contributed by atoms with Gasteiger partial charge in [0.05, 0.1) is 28.7 Å². The molecule has 4 rings (SSSR count). The first-order valence-electron chi connectivity index (χ1n) is 9.62. The van der Waals surface area contributed by atoms with Crippen LogP contribution in [0.3, 0.4) is 0 Å². The summed E-state index contributed by atoms with van der Waals surface area (Å²) in [4.78, 5) is 45.8. The number of nitrogens with one attached hydrogen (secondary N) is 2. The fourth-order valence-corrected chi connectivity index (χ4v) is 3.15. The number of fused-ring (bicyclic) bond motifs is 1. The van der Waals surface area contributed by atoms with Gasteiger partial charge in [0.15, 0.2) is 0 Å². The zero-order valence-corrected chi connectivity index (χ0v) is 17.2. The summed E-state index contributed by atoms with van der Waals surface area (Å²) in [5.41, 5.74) is 3.14. The van der Waals surface area contributed by atoms with Crippen LogP contribution in [0.25, 0.3) is 16.7 Å². The Balaban J connectivity index is 1.51. The van der Waals surface area contributed by atoms with Crippen LogP contribution in [0.15, 0.2) is 53.7 Å². The van der Waals surface area contributed by atoms with Gasteiger partial charge in [-0.15, -0.1) is 0 Å². The van der Waals surface area contributed by atoms with E-state index in [9.17, 15) is 14.4 Å². The van der Waals surface area contributed by atoms with Crippen LogP contribution in [0.5, 0.6) is 0 Å². The van der Waals surface area contributed by atoms with Crippen molar-refractivity contribution in [2.24, 2.45) is 0 Å². The van der Waals surface area contributed by atoms with E-state index in [1.54, 1.807) is 41.4 Å². The highest BCUT2D eigenvalue weighted by atomic mass is 16.5. The monoisotopic (exact) mass is 433 g/mol. The lowest BCUT2D eigenvalue weighted by atomic mass is 10.1. The van der Waals surface area contributed by atoms with Gasteiger partial charge in [-0.1, -0.05) is 17.7 Å². The van der Waals surface area contributed by atoms with Gasteiger partial charge >= 0.3 is 12.1 Å². The Bertz CT molecular complexity index is 1390. The molecule has 0 spiro atoms. The second kappa shape index (κ2) is 8.34. The van der Waals surface area contributed by atoms with Crippen molar-refractivity contribution in [2.75, 3.05) is 5.32 Å². The van der Waals surface area contributed by atoms with Crippen LogP contribution >= 0.6 is 0 Å². The van der Waals surface area contributed by atoms with E-state index in [0.29, 0.717) is 28.1 Å². The maximum atomic E-state index is 12.0. The maximum Gasteiger partial charge on any atom is 0.412 e. The van der Waals surface area contributed by atoms with Crippen molar-refractivity contribution in [2.45, 2.75) is 20.5 Å². The van der Waals surface area contributed by atoms with Crippen molar-refractivity contribution in [3.8, 4) is 5.69 Å². The van der Waals surface area contributed by atoms with E-state index in [-0.39, 0.29) is 6.61 Å². The first kappa shape index (κ1) is 20.8. The van der Waals surface area contributed by atoms with Crippen molar-refractivity contribution in [3.63, 3.8) is 0 Å². The van der Waals surface area contributed by atoms with Crippen molar-refractivity contribution in [1.82, 2.24) is 19.5 Å². The summed E-state index contributed by atoms with van der Waals surface area (Å²) >= 11 is 0. The predicted molar refractivity (Wildman–Crippen MR) is 116 cm³/mol. The van der Waals surface area contributed by atoms with Crippen molar-refractivity contribution >= 4 is 28.8 Å². The van der Waals surface area contributed by atoms with Gasteiger partial charge in [-0.25, -0.2) is 19.6 Å². The second-order valence-electron chi connectivity index (χ2n) is 7.21. The number of hydrogen-bond acceptors (Lipinski definition) is 6. The van der Waals surface area contributed by atoms with E-state index in [1.807, 2.05) is 26.0 Å². The Morgan fingerprint density at radius 3 is 2.66 bits per heavy atom. The molecule has 0 aliphatic rings. The number of carbonyl (C=O) groups is 2. The third-order valence-electron chi connectivity index (χ3n) is 4.78. The number of aromatic nitrogens is 4. The van der Waals surface area contributed by atoms with Gasteiger partial charge < -0.3 is 19.4 Å². The van der Waals surface area contributed by atoms with Crippen LogP contribution in [-0.2, 0) is 11.3 Å². The first-order valence-corrected chi connectivity index (χ1v) is 9.62. The fourth-order valence-electron chi connectivity index (χ4n) is 3.15. The number of H-pyrrole nitrogens is 1. The van der Waals surface area contributed by atoms with Gasteiger partial charge in [-0.2, -0.15) is 0 Å². The number of amides is 1. The molecule has 0 saturated heterocycles. The Labute approximate surface area is 181 Å². The number of ether oxygens (including phenoxy) is 1. The smallest absolute Gasteiger partial charge is 0.412 e. The highest BCUT2D eigenvalue weighted by molar-refractivity contribution is 5.88. The summed E-state index contributed by atoms with van der Waals surface area (Å²) in [5, 5.41) is 11.8. The van der Waals surface area contributed by atoms with E-state index < -0.39 is 23.3 Å². The molecule has 4 aromatic rings. The summed E-state index contributed by atoms with van der Waals surface area (Å²) in [5.74, 6) is -1.40. The number of nitrogens with zero attached hydrogens (tertiary/aromatic N) is 3. The van der Waals surface area contributed by atoms with E-state index in [0.717, 1.165) is 11.1 Å². The summed E-state index contributed by atoms with van der Waals surface area (Å²) < 4.78 is 6.93. The van der Waals surface area contributed by atoms with Crippen LogP contribution in [0, 0.1) is 13.8 Å². The lowest BCUT2D eigenvalue weighted by Gasteiger charge is -2.09. The van der Waals surface area contributed by atoms with Crippen molar-refractivity contribution in [3.05, 3.63) is 81.8 Å². The minimum absolute atomic E-state index is 0.0357. The van der Waals surface area contributed by atoms with Crippen LogP contribution in [-0.4, -0.2) is 36.7 Å². The minimum atomic E-state index is -1.40. The third kappa shape index (κ3) is 4.33. The van der Waals surface area contributed by atoms with Gasteiger partial charge in [0.1, 0.15) is 6.61 Å². The van der Waals surface area contributed by atoms with Crippen molar-refractivity contribution in [1.29, 1.82) is 0 Å². The highest BCUT2D eigenvalue weighted by Crippen LogP contribution is 2.20. The predicted octanol–water partition coefficient (Wildman–Crippen LogP) is 3.17. The fraction of sp³-hybridized carbons (Fsp3) is 0.136. The SMILES string of the molecule is Cc1ccc(NC(=O)OCc2cn(-c3cc4nc(C(=O)O)c(=O)[nH]c4cc3C)cn2)cc1. The molecule has 0 aliphatic heterocycles. The number of benzene rings is 2. The Morgan fingerprint density at radius 1 is 1.19 bits per heavy atom. The Hall–Kier alpha value is -4.47. The number of aromatic amines is 1. The minimum Gasteiger partial charge on any atom is -0.476 e. The molecule has 2 aromatic heterocycles. The molecule has 162 valence electrons. The van der Waals surface area contributed by atoms with Gasteiger partial charge in [0.2, 0.25) is 5.69 Å². The number of imidazole rings is 1. The van der Waals surface area contributed by atoms with Crippen LogP contribution in [0.4, 0.5) is 10.5 Å². The normalized spacial score (nSPS) is 10.8. The molecule has 10 nitrogen and oxygen atoms in total. The number of rotatable bonds is 5. The number of carboxylic acids is 1. The number of hydrogen-bond donors (Lipinski definition) is 3. The lowest BCUT2D eigenvalue weighted by Crippen LogP contribution is -2.20. The average molecular weight is 433 g/mol. The summed E-state index contributed by atoms with van der Waals surface area (Å²) in [6.07, 6.45) is 2.64. The highest BCUT2D eigenvalue weighted by Gasteiger charge is 2.14. The molecule has 0 atom stereocenters. The molecule has 0 unspecified atom stereocenters. The quantitative estimate of drug-likeness (QED) is 0.439. The number of aromatic carboxylic acids is 1. The second-order valence-corrected chi connectivity index (χ2v) is 7.21. The molecular weight excluding hydrogens is 414 g/mol. The molecule has 0 fully saturated rings. The third-order valence-corrected chi connectivity index (χ3v) is 4.78. The molecule has 2 heterocycles. The molecule has 0 saturated carbocycles. The van der Waals surface area contributed by atoms with E-state index >= 15 is 0 Å². The zero-order chi connectivity index (χ0) is 22.8. The molecule has 1 amide bonds. The first-order chi connectivity index (χ1) is 15.3. The van der Waals surface area contributed by atoms with Crippen LogP contribution in [0.2, 0.25) is 0 Å². The van der Waals surface area contributed by atoms with Crippen LogP contribution < -0.4 is 10.9 Å². The number of carbonyl (C=O) groups excluding carboxylic acids is 1. The number of carboxylic acid groups (broad SMARTS) is 1. The van der Waals surface area contributed by atoms with Gasteiger partial charge in [0.25, 0.3) is 5.56 Å². The topological polar surface area (TPSA) is 139 Å². The maximum absolute atomic E-state index is 12.0. The summed E-state index contributed by atoms with van der Waals surface area (Å²) in [7, 11) is 0. The lowest BCUT2D eigenvalue weighted by molar-refractivity contribution is 0.0688. The van der Waals surface area contributed by atoms with E-state index in [2.05, 4.69) is 20.3 Å². The molecule has 2 aromatic carbocycles. The standard InChI is InChI=1S/C22H19N5O5/c1-12-3-5-14(6-4-12)24-22(31)32-10-15-9-27(11-23-15)18-8-17-16(7-13(18)2)26-20(28)19(25-17)21(29)30/h3-9,11H,10H2,1-2H3,(H,24,31)(H,26,28)(H,29,30). The molecule has 3 N–H and O–H groups in total. The van der Waals surface area contributed by atoms with Gasteiger partial charge in [-0.05, 0) is 43.7 Å². The Kier molecular flexibility index (Phi) is 5.42. The largest absolute Gasteiger partial charge is 0.476 e. The zero-order valence-electron chi connectivity index (χ0n) is 17.2. The molecule has 32 heavy (non-hydrogen) atoms. The molecule has 0 bridgehead atoms. The van der Waals surface area contributed by atoms with E-state index in [1.165, 1.54) is 0 Å². The molecule has 10 heteroatoms. The number of aryl methyl sites for hydroxylation is 2. The summed E-state index contributed by atoms with van der Waals surface area (Å²) in [6.45, 7) is 3.76.